The molecule has 2 aromatic rings. The van der Waals surface area contributed by atoms with E-state index < -0.39 is 15.8 Å². The molecule has 1 amide bonds. The smallest absolute Gasteiger partial charge is 0.246 e. The fraction of sp³-hybridized carbons (Fsp3) is 0.263. The highest BCUT2D eigenvalue weighted by Crippen LogP contribution is 2.21. The number of piperazine rings is 1. The van der Waals surface area contributed by atoms with E-state index >= 15 is 0 Å². The van der Waals surface area contributed by atoms with Gasteiger partial charge in [0, 0.05) is 31.9 Å². The van der Waals surface area contributed by atoms with Crippen LogP contribution in [0.25, 0.3) is 0 Å². The van der Waals surface area contributed by atoms with Gasteiger partial charge in [0.1, 0.15) is 16.8 Å². The van der Waals surface area contributed by atoms with Gasteiger partial charge in [-0.1, -0.05) is 23.7 Å². The van der Waals surface area contributed by atoms with Crippen LogP contribution in [0.5, 0.6) is 0 Å². The molecule has 1 fully saturated rings. The molecule has 1 aliphatic heterocycles. The quantitative estimate of drug-likeness (QED) is 0.776. The summed E-state index contributed by atoms with van der Waals surface area (Å²) in [6, 6.07) is 11.8. The van der Waals surface area contributed by atoms with Crippen LogP contribution < -0.4 is 5.32 Å². The third-order valence-corrected chi connectivity index (χ3v) is 6.77. The van der Waals surface area contributed by atoms with Crippen LogP contribution in [-0.4, -0.2) is 56.3 Å². The van der Waals surface area contributed by atoms with E-state index in [-0.39, 0.29) is 35.5 Å². The molecule has 1 heterocycles. The fourth-order valence-corrected chi connectivity index (χ4v) is 4.72. The topological polar surface area (TPSA) is 93.5 Å². The van der Waals surface area contributed by atoms with E-state index in [2.05, 4.69) is 5.32 Å². The zero-order valence-electron chi connectivity index (χ0n) is 15.3. The van der Waals surface area contributed by atoms with Crippen LogP contribution in [0.3, 0.4) is 0 Å². The van der Waals surface area contributed by atoms with Crippen molar-refractivity contribution < 1.29 is 17.6 Å². The molecule has 0 aromatic heterocycles. The van der Waals surface area contributed by atoms with Gasteiger partial charge in [0.05, 0.1) is 17.1 Å². The van der Waals surface area contributed by atoms with E-state index in [9.17, 15) is 17.6 Å². The SMILES string of the molecule is N#Cc1ccc(NC(=O)CN2CCN(S(=O)(=O)c3ccccc3F)CC2)cc1Cl. The summed E-state index contributed by atoms with van der Waals surface area (Å²) < 4.78 is 40.3. The molecule has 152 valence electrons. The summed E-state index contributed by atoms with van der Waals surface area (Å²) in [4.78, 5) is 13.7. The fourth-order valence-electron chi connectivity index (χ4n) is 3.01. The van der Waals surface area contributed by atoms with Crippen molar-refractivity contribution in [3.63, 3.8) is 0 Å². The van der Waals surface area contributed by atoms with Gasteiger partial charge in [0.25, 0.3) is 0 Å². The highest BCUT2D eigenvalue weighted by Gasteiger charge is 2.30. The molecule has 1 N–H and O–H groups in total. The first-order valence-corrected chi connectivity index (χ1v) is 10.6. The van der Waals surface area contributed by atoms with Crippen molar-refractivity contribution in [3.05, 3.63) is 58.9 Å². The van der Waals surface area contributed by atoms with Crippen LogP contribution in [0.2, 0.25) is 5.02 Å². The number of sulfonamides is 1. The Kier molecular flexibility index (Phi) is 6.49. The van der Waals surface area contributed by atoms with Crippen LogP contribution in [0.15, 0.2) is 47.4 Å². The number of anilines is 1. The molecule has 7 nitrogen and oxygen atoms in total. The van der Waals surface area contributed by atoms with Gasteiger partial charge >= 0.3 is 0 Å². The molecular formula is C19H18ClFN4O3S. The summed E-state index contributed by atoms with van der Waals surface area (Å²) in [7, 11) is -3.91. The minimum atomic E-state index is -3.91. The zero-order chi connectivity index (χ0) is 21.0. The number of nitriles is 1. The Morgan fingerprint density at radius 1 is 1.17 bits per heavy atom. The number of rotatable bonds is 5. The van der Waals surface area contributed by atoms with Crippen LogP contribution in [0.4, 0.5) is 10.1 Å². The number of halogens is 2. The van der Waals surface area contributed by atoms with E-state index in [1.54, 1.807) is 6.07 Å². The highest BCUT2D eigenvalue weighted by atomic mass is 35.5. The Hall–Kier alpha value is -2.51. The van der Waals surface area contributed by atoms with Gasteiger partial charge in [0.2, 0.25) is 15.9 Å². The van der Waals surface area contributed by atoms with E-state index in [4.69, 9.17) is 16.9 Å². The monoisotopic (exact) mass is 436 g/mol. The molecule has 0 unspecified atom stereocenters. The Morgan fingerprint density at radius 2 is 1.86 bits per heavy atom. The average Bonchev–Trinajstić information content (AvgIpc) is 2.68. The van der Waals surface area contributed by atoms with E-state index in [1.807, 2.05) is 11.0 Å². The Bertz CT molecular complexity index is 1060. The van der Waals surface area contributed by atoms with Crippen LogP contribution in [-0.2, 0) is 14.8 Å². The van der Waals surface area contributed by atoms with Gasteiger partial charge in [0.15, 0.2) is 0 Å². The second-order valence-corrected chi connectivity index (χ2v) is 8.78. The molecule has 0 aliphatic carbocycles. The summed E-state index contributed by atoms with van der Waals surface area (Å²) in [5.41, 5.74) is 0.789. The van der Waals surface area contributed by atoms with Gasteiger partial charge in [-0.05, 0) is 30.3 Å². The predicted molar refractivity (Wildman–Crippen MR) is 106 cm³/mol. The number of amides is 1. The molecule has 1 saturated heterocycles. The first-order valence-electron chi connectivity index (χ1n) is 8.78. The van der Waals surface area contributed by atoms with E-state index in [0.29, 0.717) is 24.3 Å². The van der Waals surface area contributed by atoms with Gasteiger partial charge in [-0.25, -0.2) is 12.8 Å². The molecule has 0 atom stereocenters. The maximum atomic E-state index is 13.9. The number of hydrogen-bond acceptors (Lipinski definition) is 5. The first kappa shape index (κ1) is 21.2. The van der Waals surface area contributed by atoms with Crippen molar-refractivity contribution >= 4 is 33.2 Å². The molecule has 2 aromatic carbocycles. The van der Waals surface area contributed by atoms with Crippen LogP contribution in [0, 0.1) is 17.1 Å². The molecule has 0 radical (unpaired) electrons. The van der Waals surface area contributed by atoms with Crippen LogP contribution >= 0.6 is 11.6 Å². The molecule has 1 aliphatic rings. The second kappa shape index (κ2) is 8.88. The summed E-state index contributed by atoms with van der Waals surface area (Å²) >= 11 is 5.95. The number of nitrogens with zero attached hydrogens (tertiary/aromatic N) is 3. The van der Waals surface area contributed by atoms with Crippen molar-refractivity contribution in [1.82, 2.24) is 9.21 Å². The standard InChI is InChI=1S/C19H18ClFN4O3S/c20-16-11-15(6-5-14(16)12-22)23-19(26)13-24-7-9-25(10-8-24)29(27,28)18-4-2-1-3-17(18)21/h1-6,11H,7-10,13H2,(H,23,26). The van der Waals surface area contributed by atoms with Crippen molar-refractivity contribution in [2.24, 2.45) is 0 Å². The minimum absolute atomic E-state index is 0.0746. The number of hydrogen-bond donors (Lipinski definition) is 1. The Morgan fingerprint density at radius 3 is 2.48 bits per heavy atom. The number of carbonyl (C=O) groups is 1. The summed E-state index contributed by atoms with van der Waals surface area (Å²) in [6.07, 6.45) is 0. The van der Waals surface area contributed by atoms with Gasteiger partial charge < -0.3 is 5.32 Å². The number of nitrogens with one attached hydrogen (secondary N) is 1. The highest BCUT2D eigenvalue weighted by molar-refractivity contribution is 7.89. The van der Waals surface area contributed by atoms with E-state index in [1.165, 1.54) is 34.6 Å². The van der Waals surface area contributed by atoms with Crippen molar-refractivity contribution in [2.75, 3.05) is 38.0 Å². The zero-order valence-corrected chi connectivity index (χ0v) is 16.9. The molecule has 10 heteroatoms. The summed E-state index contributed by atoms with van der Waals surface area (Å²) in [6.45, 7) is 1.08. The lowest BCUT2D eigenvalue weighted by molar-refractivity contribution is -0.117. The van der Waals surface area contributed by atoms with E-state index in [0.717, 1.165) is 6.07 Å². The third-order valence-electron chi connectivity index (χ3n) is 4.53. The largest absolute Gasteiger partial charge is 0.325 e. The van der Waals surface area contributed by atoms with Crippen LogP contribution in [0.1, 0.15) is 5.56 Å². The lowest BCUT2D eigenvalue weighted by atomic mass is 10.2. The van der Waals surface area contributed by atoms with Gasteiger partial charge in [-0.3, -0.25) is 9.69 Å². The molecule has 29 heavy (non-hydrogen) atoms. The number of benzene rings is 2. The van der Waals surface area contributed by atoms with Crippen molar-refractivity contribution in [2.45, 2.75) is 4.90 Å². The summed E-state index contributed by atoms with van der Waals surface area (Å²) in [5.74, 6) is -1.06. The van der Waals surface area contributed by atoms with Crippen molar-refractivity contribution in [1.29, 1.82) is 5.26 Å². The maximum Gasteiger partial charge on any atom is 0.246 e. The molecular weight excluding hydrogens is 419 g/mol. The molecule has 0 saturated carbocycles. The first-order chi connectivity index (χ1) is 13.8. The molecule has 0 bridgehead atoms. The number of carbonyl (C=O) groups excluding carboxylic acids is 1. The third kappa shape index (κ3) is 4.92. The second-order valence-electron chi connectivity index (χ2n) is 6.47. The molecule has 0 spiro atoms. The lowest BCUT2D eigenvalue weighted by Crippen LogP contribution is -2.50. The Balaban J connectivity index is 1.56. The van der Waals surface area contributed by atoms with Gasteiger partial charge in [-0.15, -0.1) is 0 Å². The summed E-state index contributed by atoms with van der Waals surface area (Å²) in [5, 5.41) is 11.8. The minimum Gasteiger partial charge on any atom is -0.325 e. The normalized spacial score (nSPS) is 15.6. The molecule has 3 rings (SSSR count). The average molecular weight is 437 g/mol. The van der Waals surface area contributed by atoms with Crippen molar-refractivity contribution in [3.8, 4) is 6.07 Å². The lowest BCUT2D eigenvalue weighted by Gasteiger charge is -2.33. The maximum absolute atomic E-state index is 13.9. The predicted octanol–water partition coefficient (Wildman–Crippen LogP) is 2.30. The van der Waals surface area contributed by atoms with Gasteiger partial charge in [-0.2, -0.15) is 9.57 Å². The Labute approximate surface area is 173 Å².